The molecule has 0 bridgehead atoms. The molecular weight excluding hydrogens is 376 g/mol. The molecule has 4 N–H and O–H groups in total. The summed E-state index contributed by atoms with van der Waals surface area (Å²) in [6.45, 7) is 4.17. The Morgan fingerprint density at radius 3 is 2.82 bits per heavy atom. The number of aromatic nitrogens is 3. The topological polar surface area (TPSA) is 109 Å². The zero-order chi connectivity index (χ0) is 19.1. The summed E-state index contributed by atoms with van der Waals surface area (Å²) in [5.74, 6) is 1.56. The van der Waals surface area contributed by atoms with Gasteiger partial charge in [-0.25, -0.2) is 0 Å². The molecule has 2 aromatic heterocycles. The number of likely N-dealkylation sites (tertiary alicyclic amines) is 1. The molecule has 9 heteroatoms. The van der Waals surface area contributed by atoms with Crippen LogP contribution in [0.3, 0.4) is 0 Å². The van der Waals surface area contributed by atoms with Crippen LogP contribution < -0.4 is 11.1 Å². The number of rotatable bonds is 2. The van der Waals surface area contributed by atoms with Crippen LogP contribution in [0.4, 0.5) is 5.95 Å². The molecule has 0 atom stereocenters. The van der Waals surface area contributed by atoms with Crippen LogP contribution in [-0.4, -0.2) is 58.8 Å². The van der Waals surface area contributed by atoms with E-state index < -0.39 is 0 Å². The fourth-order valence-corrected chi connectivity index (χ4v) is 6.09. The van der Waals surface area contributed by atoms with Crippen molar-refractivity contribution in [2.75, 3.05) is 38.5 Å². The number of anilines is 1. The maximum Gasteiger partial charge on any atom is 0.263 e. The van der Waals surface area contributed by atoms with Gasteiger partial charge in [0.25, 0.3) is 5.91 Å². The number of hydrogen-bond acceptors (Lipinski definition) is 7. The number of nitrogens with zero attached hydrogens (tertiary/aromatic N) is 3. The lowest BCUT2D eigenvalue weighted by Crippen LogP contribution is -2.44. The molecule has 150 valence electrons. The molecule has 0 aromatic carbocycles. The summed E-state index contributed by atoms with van der Waals surface area (Å²) in [6.07, 6.45) is 4.64. The molecular formula is C19H26N6O2S. The summed E-state index contributed by atoms with van der Waals surface area (Å²) in [7, 11) is 0. The fourth-order valence-electron chi connectivity index (χ4n) is 4.71. The van der Waals surface area contributed by atoms with Gasteiger partial charge in [0, 0.05) is 23.9 Å². The molecule has 5 rings (SSSR count). The Bertz CT molecular complexity index is 864. The largest absolute Gasteiger partial charge is 0.369 e. The molecule has 3 aliphatic rings. The molecule has 3 aliphatic heterocycles. The molecule has 1 spiro atoms. The highest BCUT2D eigenvalue weighted by Crippen LogP contribution is 2.44. The standard InChI is InChI=1S/C19H26N6O2S/c20-18-22-16(23-24-18)12-1-8-25(9-2-12)17(26)14-11-13-3-10-27-19(15(13)28-14)4-6-21-7-5-19/h11-12,21H,1-10H2,(H3,20,22,23,24). The van der Waals surface area contributed by atoms with Gasteiger partial charge in [-0.1, -0.05) is 0 Å². The average Bonchev–Trinajstić information content (AvgIpc) is 3.36. The third kappa shape index (κ3) is 3.11. The van der Waals surface area contributed by atoms with Crippen molar-refractivity contribution in [1.82, 2.24) is 25.4 Å². The number of nitrogens with two attached hydrogens (primary N) is 1. The van der Waals surface area contributed by atoms with E-state index in [0.29, 0.717) is 0 Å². The molecule has 0 unspecified atom stereocenters. The van der Waals surface area contributed by atoms with Gasteiger partial charge >= 0.3 is 0 Å². The highest BCUT2D eigenvalue weighted by molar-refractivity contribution is 7.14. The molecule has 5 heterocycles. The summed E-state index contributed by atoms with van der Waals surface area (Å²) in [5, 5.41) is 10.2. The van der Waals surface area contributed by atoms with Crippen molar-refractivity contribution in [3.63, 3.8) is 0 Å². The van der Waals surface area contributed by atoms with E-state index in [1.54, 1.807) is 11.3 Å². The van der Waals surface area contributed by atoms with Crippen LogP contribution in [0.2, 0.25) is 0 Å². The average molecular weight is 403 g/mol. The molecule has 0 saturated carbocycles. The summed E-state index contributed by atoms with van der Waals surface area (Å²) in [6, 6.07) is 2.12. The third-order valence-corrected chi connectivity index (χ3v) is 7.63. The van der Waals surface area contributed by atoms with Gasteiger partial charge in [-0.2, -0.15) is 4.98 Å². The Hall–Kier alpha value is -1.97. The maximum absolute atomic E-state index is 13.2. The first-order valence-corrected chi connectivity index (χ1v) is 10.9. The van der Waals surface area contributed by atoms with Crippen LogP contribution in [0.25, 0.3) is 0 Å². The number of ether oxygens (including phenoxy) is 1. The number of nitrogen functional groups attached to an aromatic ring is 1. The quantitative estimate of drug-likeness (QED) is 0.704. The Morgan fingerprint density at radius 2 is 2.11 bits per heavy atom. The van der Waals surface area contributed by atoms with Crippen LogP contribution in [0, 0.1) is 0 Å². The van der Waals surface area contributed by atoms with Gasteiger partial charge in [-0.15, -0.1) is 16.4 Å². The number of nitrogens with one attached hydrogen (secondary N) is 2. The zero-order valence-corrected chi connectivity index (χ0v) is 16.7. The number of hydrogen-bond donors (Lipinski definition) is 3. The van der Waals surface area contributed by atoms with Crippen LogP contribution >= 0.6 is 11.3 Å². The second-order valence-corrected chi connectivity index (χ2v) is 9.01. The van der Waals surface area contributed by atoms with Crippen molar-refractivity contribution in [3.8, 4) is 0 Å². The van der Waals surface area contributed by atoms with Crippen LogP contribution in [0.1, 0.15) is 57.5 Å². The summed E-state index contributed by atoms with van der Waals surface area (Å²) in [5.41, 5.74) is 6.75. The Kier molecular flexibility index (Phi) is 4.60. The molecule has 1 amide bonds. The Balaban J connectivity index is 1.30. The van der Waals surface area contributed by atoms with Gasteiger partial charge in [0.05, 0.1) is 11.5 Å². The van der Waals surface area contributed by atoms with E-state index in [-0.39, 0.29) is 23.4 Å². The van der Waals surface area contributed by atoms with Crippen LogP contribution in [-0.2, 0) is 16.8 Å². The highest BCUT2D eigenvalue weighted by atomic mass is 32.1. The molecule has 2 saturated heterocycles. The van der Waals surface area contributed by atoms with Crippen LogP contribution in [0.5, 0.6) is 0 Å². The first kappa shape index (κ1) is 18.1. The van der Waals surface area contributed by atoms with E-state index in [9.17, 15) is 4.79 Å². The second-order valence-electron chi connectivity index (χ2n) is 7.95. The minimum absolute atomic E-state index is 0.152. The SMILES string of the molecule is Nc1n[nH]c(C2CCN(C(=O)c3cc4c(s3)C3(CCNCC3)OCC4)CC2)n1. The zero-order valence-electron chi connectivity index (χ0n) is 15.9. The van der Waals surface area contributed by atoms with Gasteiger partial charge in [-0.05, 0) is 56.8 Å². The van der Waals surface area contributed by atoms with Gasteiger partial charge < -0.3 is 20.7 Å². The van der Waals surface area contributed by atoms with Crippen molar-refractivity contribution in [2.24, 2.45) is 0 Å². The van der Waals surface area contributed by atoms with Crippen molar-refractivity contribution < 1.29 is 9.53 Å². The predicted molar refractivity (Wildman–Crippen MR) is 106 cm³/mol. The number of carbonyl (C=O) groups is 1. The maximum atomic E-state index is 13.2. The Labute approximate surface area is 167 Å². The molecule has 8 nitrogen and oxygen atoms in total. The van der Waals surface area contributed by atoms with Gasteiger partial charge in [0.15, 0.2) is 0 Å². The van der Waals surface area contributed by atoms with Gasteiger partial charge in [0.2, 0.25) is 5.95 Å². The van der Waals surface area contributed by atoms with E-state index >= 15 is 0 Å². The minimum atomic E-state index is -0.179. The van der Waals surface area contributed by atoms with E-state index in [0.717, 1.165) is 75.6 Å². The number of aromatic amines is 1. The first-order chi connectivity index (χ1) is 13.6. The fraction of sp³-hybridized carbons (Fsp3) is 0.632. The molecule has 0 aliphatic carbocycles. The first-order valence-electron chi connectivity index (χ1n) is 10.1. The van der Waals surface area contributed by atoms with E-state index in [2.05, 4.69) is 26.6 Å². The van der Waals surface area contributed by atoms with E-state index in [1.165, 1.54) is 10.4 Å². The van der Waals surface area contributed by atoms with Gasteiger partial charge in [0.1, 0.15) is 11.4 Å². The van der Waals surface area contributed by atoms with Crippen molar-refractivity contribution >= 4 is 23.2 Å². The lowest BCUT2D eigenvalue weighted by Gasteiger charge is -2.40. The number of piperidine rings is 2. The molecule has 0 radical (unpaired) electrons. The smallest absolute Gasteiger partial charge is 0.263 e. The Morgan fingerprint density at radius 1 is 1.32 bits per heavy atom. The van der Waals surface area contributed by atoms with E-state index in [1.807, 2.05) is 4.90 Å². The number of amides is 1. The number of thiophene rings is 1. The summed E-state index contributed by atoms with van der Waals surface area (Å²) in [4.78, 5) is 21.5. The second kappa shape index (κ2) is 7.13. The molecule has 2 fully saturated rings. The summed E-state index contributed by atoms with van der Waals surface area (Å²) >= 11 is 1.65. The number of carbonyl (C=O) groups excluding carboxylic acids is 1. The monoisotopic (exact) mass is 402 g/mol. The normalized spacial score (nSPS) is 22.4. The van der Waals surface area contributed by atoms with Crippen molar-refractivity contribution in [3.05, 3.63) is 27.2 Å². The highest BCUT2D eigenvalue weighted by Gasteiger charge is 2.41. The third-order valence-electron chi connectivity index (χ3n) is 6.28. The van der Waals surface area contributed by atoms with Crippen LogP contribution in [0.15, 0.2) is 6.07 Å². The summed E-state index contributed by atoms with van der Waals surface area (Å²) < 4.78 is 6.26. The lowest BCUT2D eigenvalue weighted by molar-refractivity contribution is -0.0771. The van der Waals surface area contributed by atoms with Crippen molar-refractivity contribution in [1.29, 1.82) is 0 Å². The van der Waals surface area contributed by atoms with Gasteiger partial charge in [-0.3, -0.25) is 9.89 Å². The minimum Gasteiger partial charge on any atom is -0.369 e. The van der Waals surface area contributed by atoms with E-state index in [4.69, 9.17) is 10.5 Å². The van der Waals surface area contributed by atoms with Crippen molar-refractivity contribution in [2.45, 2.75) is 43.6 Å². The number of H-pyrrole nitrogens is 1. The lowest BCUT2D eigenvalue weighted by atomic mass is 9.86. The molecule has 28 heavy (non-hydrogen) atoms. The molecule has 2 aromatic rings. The predicted octanol–water partition coefficient (Wildman–Crippen LogP) is 1.62. The number of fused-ring (bicyclic) bond motifs is 2.